The molecule has 0 heterocycles. The molecule has 4 atom stereocenters. The predicted octanol–water partition coefficient (Wildman–Crippen LogP) is 0.172. The number of aryl methyl sites for hydroxylation is 1. The molecule has 0 saturated carbocycles. The predicted molar refractivity (Wildman–Crippen MR) is 99.3 cm³/mol. The van der Waals surface area contributed by atoms with Crippen molar-refractivity contribution in [2.75, 3.05) is 0 Å². The Balaban J connectivity index is 1.78. The zero-order valence-corrected chi connectivity index (χ0v) is 15.7. The van der Waals surface area contributed by atoms with Gasteiger partial charge in [-0.25, -0.2) is 0 Å². The van der Waals surface area contributed by atoms with Crippen LogP contribution in [0.4, 0.5) is 0 Å². The number of aliphatic hydroxyl groups is 4. The van der Waals surface area contributed by atoms with E-state index in [0.717, 1.165) is 0 Å². The Morgan fingerprint density at radius 1 is 1.13 bits per heavy atom. The van der Waals surface area contributed by atoms with Gasteiger partial charge in [-0.1, -0.05) is 6.07 Å². The molecule has 0 aromatic heterocycles. The van der Waals surface area contributed by atoms with Gasteiger partial charge in [0.25, 0.3) is 5.91 Å². The second-order valence-corrected chi connectivity index (χ2v) is 8.48. The molecule has 156 valence electrons. The van der Waals surface area contributed by atoms with Gasteiger partial charge in [-0.15, -0.1) is 0 Å². The Kier molecular flexibility index (Phi) is 3.45. The minimum Gasteiger partial charge on any atom is -0.511 e. The highest BCUT2D eigenvalue weighted by Gasteiger charge is 2.64. The Labute approximate surface area is 169 Å². The monoisotopic (exact) mass is 413 g/mol. The SMILES string of the molecule is NC(=O)C1=C(O)C[C@@H]2C[C@H]3C(=C(O)[C@]2(O)C1=O)C(=O)c1c(O)ccc2c1[C@]3(O)CC2. The van der Waals surface area contributed by atoms with Gasteiger partial charge >= 0.3 is 0 Å². The zero-order chi connectivity index (χ0) is 21.7. The molecule has 1 aromatic rings. The van der Waals surface area contributed by atoms with Crippen LogP contribution in [0.15, 0.2) is 34.8 Å². The van der Waals surface area contributed by atoms with E-state index in [1.165, 1.54) is 6.07 Å². The third-order valence-corrected chi connectivity index (χ3v) is 7.15. The molecule has 0 aliphatic heterocycles. The molecule has 4 aliphatic rings. The van der Waals surface area contributed by atoms with Crippen LogP contribution in [-0.2, 0) is 21.6 Å². The Morgan fingerprint density at radius 2 is 1.83 bits per heavy atom. The number of ketones is 2. The molecule has 0 spiro atoms. The van der Waals surface area contributed by atoms with E-state index in [2.05, 4.69) is 0 Å². The average molecular weight is 413 g/mol. The maximum absolute atomic E-state index is 13.3. The topological polar surface area (TPSA) is 178 Å². The summed E-state index contributed by atoms with van der Waals surface area (Å²) < 4.78 is 0. The molecule has 1 aromatic carbocycles. The molecule has 30 heavy (non-hydrogen) atoms. The summed E-state index contributed by atoms with van der Waals surface area (Å²) in [5.41, 5.74) is 0.588. The van der Waals surface area contributed by atoms with Crippen molar-refractivity contribution in [3.63, 3.8) is 0 Å². The quantitative estimate of drug-likeness (QED) is 0.353. The van der Waals surface area contributed by atoms with Crippen LogP contribution in [-0.4, -0.2) is 48.6 Å². The number of amides is 1. The summed E-state index contributed by atoms with van der Waals surface area (Å²) in [6, 6.07) is 2.96. The number of aromatic hydroxyl groups is 1. The molecule has 0 unspecified atom stereocenters. The normalized spacial score (nSPS) is 34.6. The summed E-state index contributed by atoms with van der Waals surface area (Å²) in [6.45, 7) is 0. The van der Waals surface area contributed by atoms with Gasteiger partial charge in [0.2, 0.25) is 5.78 Å². The van der Waals surface area contributed by atoms with Gasteiger partial charge < -0.3 is 31.3 Å². The van der Waals surface area contributed by atoms with Gasteiger partial charge in [0.05, 0.1) is 11.2 Å². The number of benzene rings is 1. The zero-order valence-electron chi connectivity index (χ0n) is 15.7. The fraction of sp³-hybridized carbons (Fsp3) is 0.381. The van der Waals surface area contributed by atoms with Crippen LogP contribution in [0.25, 0.3) is 0 Å². The van der Waals surface area contributed by atoms with Crippen LogP contribution in [0.5, 0.6) is 5.75 Å². The largest absolute Gasteiger partial charge is 0.511 e. The second kappa shape index (κ2) is 5.50. The third kappa shape index (κ3) is 1.91. The standard InChI is InChI=1S/C21H19NO8/c22-19(28)14-11(24)6-8-5-9-12(17(26)21(8,30)18(14)27)16(25)13-10(23)2-1-7-3-4-20(9,29)15(7)13/h1-2,8-9,23-24,26,29-30H,3-6H2,(H2,22,28)/t8-,9-,20-,21-/m0/s1. The minimum atomic E-state index is -2.64. The van der Waals surface area contributed by atoms with Crippen molar-refractivity contribution in [1.82, 2.24) is 0 Å². The van der Waals surface area contributed by atoms with Crippen molar-refractivity contribution < 1.29 is 39.9 Å². The van der Waals surface area contributed by atoms with E-state index in [-0.39, 0.29) is 36.1 Å². The third-order valence-electron chi connectivity index (χ3n) is 7.15. The van der Waals surface area contributed by atoms with E-state index in [1.807, 2.05) is 0 Å². The number of phenols is 1. The van der Waals surface area contributed by atoms with Gasteiger partial charge in [0.1, 0.15) is 22.8 Å². The first-order chi connectivity index (χ1) is 14.0. The Hall–Kier alpha value is -3.17. The van der Waals surface area contributed by atoms with Gasteiger partial charge in [0.15, 0.2) is 11.4 Å². The Bertz CT molecular complexity index is 1150. The van der Waals surface area contributed by atoms with Crippen molar-refractivity contribution in [1.29, 1.82) is 0 Å². The minimum absolute atomic E-state index is 0.103. The number of primary amides is 1. The highest BCUT2D eigenvalue weighted by Crippen LogP contribution is 2.59. The number of carbonyl (C=O) groups is 3. The summed E-state index contributed by atoms with van der Waals surface area (Å²) in [5, 5.41) is 54.2. The summed E-state index contributed by atoms with van der Waals surface area (Å²) >= 11 is 0. The van der Waals surface area contributed by atoms with Crippen molar-refractivity contribution in [2.45, 2.75) is 36.9 Å². The molecular formula is C21H19NO8. The number of phenolic OH excluding ortho intramolecular Hbond substituents is 1. The molecule has 1 amide bonds. The lowest BCUT2D eigenvalue weighted by atomic mass is 9.56. The number of nitrogens with two attached hydrogens (primary N) is 1. The first kappa shape index (κ1) is 18.8. The molecule has 0 bridgehead atoms. The molecule has 9 nitrogen and oxygen atoms in total. The second-order valence-electron chi connectivity index (χ2n) is 8.48. The molecular weight excluding hydrogens is 394 g/mol. The smallest absolute Gasteiger partial charge is 0.255 e. The number of Topliss-reactive ketones (excluding diaryl/α,β-unsaturated/α-hetero) is 2. The molecule has 5 rings (SSSR count). The number of rotatable bonds is 1. The summed E-state index contributed by atoms with van der Waals surface area (Å²) in [7, 11) is 0. The lowest BCUT2D eigenvalue weighted by molar-refractivity contribution is -0.147. The van der Waals surface area contributed by atoms with E-state index in [4.69, 9.17) is 5.73 Å². The van der Waals surface area contributed by atoms with Crippen molar-refractivity contribution in [3.8, 4) is 5.75 Å². The van der Waals surface area contributed by atoms with E-state index < -0.39 is 57.6 Å². The molecule has 0 saturated heterocycles. The average Bonchev–Trinajstić information content (AvgIpc) is 3.01. The molecule has 0 radical (unpaired) electrons. The summed E-state index contributed by atoms with van der Waals surface area (Å²) in [5.74, 6) is -7.33. The van der Waals surface area contributed by atoms with Gasteiger partial charge in [-0.3, -0.25) is 14.4 Å². The first-order valence-corrected chi connectivity index (χ1v) is 9.58. The van der Waals surface area contributed by atoms with Crippen molar-refractivity contribution >= 4 is 17.5 Å². The number of allylic oxidation sites excluding steroid dienone is 1. The number of hydrogen-bond donors (Lipinski definition) is 6. The van der Waals surface area contributed by atoms with E-state index >= 15 is 0 Å². The van der Waals surface area contributed by atoms with Crippen molar-refractivity contribution in [3.05, 3.63) is 51.5 Å². The molecule has 7 N–H and O–H groups in total. The van der Waals surface area contributed by atoms with Crippen LogP contribution in [0, 0.1) is 11.8 Å². The lowest BCUT2D eigenvalue weighted by Gasteiger charge is -2.49. The highest BCUT2D eigenvalue weighted by atomic mass is 16.3. The van der Waals surface area contributed by atoms with Crippen LogP contribution in [0.1, 0.15) is 40.7 Å². The fourth-order valence-corrected chi connectivity index (χ4v) is 5.77. The van der Waals surface area contributed by atoms with E-state index in [9.17, 15) is 39.9 Å². The van der Waals surface area contributed by atoms with Crippen LogP contribution >= 0.6 is 0 Å². The van der Waals surface area contributed by atoms with Gasteiger partial charge in [0, 0.05) is 29.4 Å². The van der Waals surface area contributed by atoms with Gasteiger partial charge in [-0.2, -0.15) is 0 Å². The number of carbonyl (C=O) groups excluding carboxylic acids is 3. The maximum atomic E-state index is 13.3. The van der Waals surface area contributed by atoms with E-state index in [1.54, 1.807) is 6.07 Å². The number of fused-ring (bicyclic) bond motifs is 3. The number of hydrogen-bond acceptors (Lipinski definition) is 8. The molecule has 4 aliphatic carbocycles. The van der Waals surface area contributed by atoms with Crippen molar-refractivity contribution in [2.24, 2.45) is 17.6 Å². The fourth-order valence-electron chi connectivity index (χ4n) is 5.77. The van der Waals surface area contributed by atoms with Crippen LogP contribution in [0.3, 0.4) is 0 Å². The first-order valence-electron chi connectivity index (χ1n) is 9.58. The van der Waals surface area contributed by atoms with Crippen LogP contribution in [0.2, 0.25) is 0 Å². The Morgan fingerprint density at radius 3 is 2.50 bits per heavy atom. The van der Waals surface area contributed by atoms with E-state index in [0.29, 0.717) is 17.5 Å². The maximum Gasteiger partial charge on any atom is 0.255 e. The number of aliphatic hydroxyl groups excluding tert-OH is 2. The lowest BCUT2D eigenvalue weighted by Crippen LogP contribution is -2.59. The molecule has 0 fully saturated rings. The van der Waals surface area contributed by atoms with Crippen LogP contribution < -0.4 is 5.73 Å². The summed E-state index contributed by atoms with van der Waals surface area (Å²) in [6.07, 6.45) is 0.232. The van der Waals surface area contributed by atoms with Gasteiger partial charge in [-0.05, 0) is 30.9 Å². The molecule has 9 heteroatoms. The highest BCUT2D eigenvalue weighted by molar-refractivity contribution is 6.24. The summed E-state index contributed by atoms with van der Waals surface area (Å²) in [4.78, 5) is 37.8.